The molecule has 0 bridgehead atoms. The highest BCUT2D eigenvalue weighted by Gasteiger charge is 2.09. The van der Waals surface area contributed by atoms with Crippen LogP contribution in [0.15, 0.2) is 54.7 Å². The van der Waals surface area contributed by atoms with Crippen molar-refractivity contribution in [1.29, 1.82) is 0 Å². The lowest BCUT2D eigenvalue weighted by Gasteiger charge is -2.10. The zero-order chi connectivity index (χ0) is 15.5. The Hall–Kier alpha value is -2.04. The van der Waals surface area contributed by atoms with E-state index in [1.54, 1.807) is 0 Å². The number of imidazole rings is 1. The summed E-state index contributed by atoms with van der Waals surface area (Å²) < 4.78 is 8.12. The molecule has 2 aromatic carbocycles. The molecule has 1 aromatic heterocycles. The summed E-state index contributed by atoms with van der Waals surface area (Å²) in [6, 6.07) is 15.6. The molecule has 3 rings (SSSR count). The van der Waals surface area contributed by atoms with Crippen LogP contribution in [0.1, 0.15) is 6.92 Å². The third-order valence-electron chi connectivity index (χ3n) is 3.32. The number of benzene rings is 2. The normalized spacial score (nSPS) is 10.6. The number of H-pyrrole nitrogens is 1. The van der Waals surface area contributed by atoms with Gasteiger partial charge in [-0.3, -0.25) is 4.57 Å². The van der Waals surface area contributed by atoms with Gasteiger partial charge in [-0.25, -0.2) is 0 Å². The minimum Gasteiger partial charge on any atom is -0.494 e. The van der Waals surface area contributed by atoms with E-state index in [9.17, 15) is 0 Å². The Balaban J connectivity index is 2.05. The summed E-state index contributed by atoms with van der Waals surface area (Å²) in [4.78, 5) is 3.10. The summed E-state index contributed by atoms with van der Waals surface area (Å²) in [5, 5.41) is 0.713. The zero-order valence-electron chi connectivity index (χ0n) is 12.0. The Morgan fingerprint density at radius 1 is 1.09 bits per heavy atom. The van der Waals surface area contributed by atoms with Crippen molar-refractivity contribution in [2.75, 3.05) is 6.61 Å². The largest absolute Gasteiger partial charge is 0.494 e. The Morgan fingerprint density at radius 2 is 1.77 bits per heavy atom. The molecule has 0 aliphatic rings. The number of nitrogens with one attached hydrogen (secondary N) is 1. The molecule has 0 radical (unpaired) electrons. The monoisotopic (exact) mass is 330 g/mol. The standard InChI is InChI=1S/C17H15ClN2OS/c1-2-21-15-9-7-14(8-10-15)20-16(11-19-17(20)22)12-3-5-13(18)6-4-12/h3-11H,2H2,1H3,(H,19,22). The fourth-order valence-corrected chi connectivity index (χ4v) is 2.70. The smallest absolute Gasteiger partial charge is 0.182 e. The summed E-state index contributed by atoms with van der Waals surface area (Å²) in [6.07, 6.45) is 1.90. The Morgan fingerprint density at radius 3 is 2.41 bits per heavy atom. The van der Waals surface area contributed by atoms with E-state index in [0.29, 0.717) is 16.4 Å². The third kappa shape index (κ3) is 2.93. The van der Waals surface area contributed by atoms with Gasteiger partial charge in [0, 0.05) is 22.5 Å². The number of hydrogen-bond acceptors (Lipinski definition) is 2. The molecule has 0 aliphatic carbocycles. The maximum atomic E-state index is 5.96. The highest BCUT2D eigenvalue weighted by atomic mass is 35.5. The van der Waals surface area contributed by atoms with Gasteiger partial charge in [-0.1, -0.05) is 23.7 Å². The van der Waals surface area contributed by atoms with E-state index in [1.807, 2.05) is 66.2 Å². The quantitative estimate of drug-likeness (QED) is 0.662. The molecule has 0 atom stereocenters. The Kier molecular flexibility index (Phi) is 4.32. The van der Waals surface area contributed by atoms with Crippen LogP contribution in [0.2, 0.25) is 5.02 Å². The lowest BCUT2D eigenvalue weighted by molar-refractivity contribution is 0.340. The zero-order valence-corrected chi connectivity index (χ0v) is 13.6. The minimum absolute atomic E-state index is 0.647. The number of aromatic nitrogens is 2. The molecule has 1 heterocycles. The Labute approximate surface area is 139 Å². The second kappa shape index (κ2) is 6.38. The predicted octanol–water partition coefficient (Wildman–Crippen LogP) is 5.25. The fourth-order valence-electron chi connectivity index (χ4n) is 2.32. The van der Waals surface area contributed by atoms with Gasteiger partial charge in [0.1, 0.15) is 5.75 Å². The number of halogens is 1. The van der Waals surface area contributed by atoms with Crippen LogP contribution in [0.4, 0.5) is 0 Å². The van der Waals surface area contributed by atoms with E-state index >= 15 is 0 Å². The maximum Gasteiger partial charge on any atom is 0.182 e. The molecule has 3 nitrogen and oxygen atoms in total. The van der Waals surface area contributed by atoms with Gasteiger partial charge >= 0.3 is 0 Å². The molecule has 0 fully saturated rings. The van der Waals surface area contributed by atoms with Crippen molar-refractivity contribution < 1.29 is 4.74 Å². The molecule has 22 heavy (non-hydrogen) atoms. The van der Waals surface area contributed by atoms with Gasteiger partial charge in [-0.05, 0) is 55.5 Å². The summed E-state index contributed by atoms with van der Waals surface area (Å²) in [5.74, 6) is 0.848. The van der Waals surface area contributed by atoms with E-state index in [2.05, 4.69) is 4.98 Å². The van der Waals surface area contributed by atoms with Crippen LogP contribution in [-0.2, 0) is 0 Å². The topological polar surface area (TPSA) is 29.9 Å². The van der Waals surface area contributed by atoms with Crippen molar-refractivity contribution in [1.82, 2.24) is 9.55 Å². The van der Waals surface area contributed by atoms with Crippen molar-refractivity contribution in [3.05, 3.63) is 64.5 Å². The molecule has 0 spiro atoms. The minimum atomic E-state index is 0.647. The molecule has 0 saturated heterocycles. The highest BCUT2D eigenvalue weighted by Crippen LogP contribution is 2.26. The van der Waals surface area contributed by atoms with Crippen LogP contribution in [-0.4, -0.2) is 16.2 Å². The molecule has 0 unspecified atom stereocenters. The van der Waals surface area contributed by atoms with Crippen molar-refractivity contribution in [2.24, 2.45) is 0 Å². The second-order valence-corrected chi connectivity index (χ2v) is 5.57. The van der Waals surface area contributed by atoms with Crippen LogP contribution in [0.5, 0.6) is 5.75 Å². The van der Waals surface area contributed by atoms with Gasteiger partial charge in [0.05, 0.1) is 12.3 Å². The average Bonchev–Trinajstić information content (AvgIpc) is 2.91. The van der Waals surface area contributed by atoms with E-state index < -0.39 is 0 Å². The van der Waals surface area contributed by atoms with E-state index in [1.165, 1.54) is 0 Å². The molecular formula is C17H15ClN2OS. The molecule has 3 aromatic rings. The number of hydrogen-bond donors (Lipinski definition) is 1. The molecule has 0 saturated carbocycles. The number of nitrogens with zero attached hydrogens (tertiary/aromatic N) is 1. The summed E-state index contributed by atoms with van der Waals surface area (Å²) in [6.45, 7) is 2.62. The van der Waals surface area contributed by atoms with Gasteiger partial charge in [0.2, 0.25) is 0 Å². The predicted molar refractivity (Wildman–Crippen MR) is 92.6 cm³/mol. The van der Waals surface area contributed by atoms with Crippen molar-refractivity contribution >= 4 is 23.8 Å². The number of rotatable bonds is 4. The number of ether oxygens (including phenoxy) is 1. The molecule has 112 valence electrons. The van der Waals surface area contributed by atoms with Crippen LogP contribution >= 0.6 is 23.8 Å². The van der Waals surface area contributed by atoms with Crippen molar-refractivity contribution in [3.8, 4) is 22.7 Å². The van der Waals surface area contributed by atoms with Crippen LogP contribution in [0.3, 0.4) is 0 Å². The average molecular weight is 331 g/mol. The van der Waals surface area contributed by atoms with Crippen LogP contribution in [0.25, 0.3) is 16.9 Å². The van der Waals surface area contributed by atoms with E-state index in [0.717, 1.165) is 22.7 Å². The van der Waals surface area contributed by atoms with Crippen LogP contribution in [0, 0.1) is 4.77 Å². The highest BCUT2D eigenvalue weighted by molar-refractivity contribution is 7.71. The third-order valence-corrected chi connectivity index (χ3v) is 3.87. The molecule has 0 amide bonds. The van der Waals surface area contributed by atoms with Gasteiger partial charge in [-0.2, -0.15) is 0 Å². The first-order chi connectivity index (χ1) is 10.7. The van der Waals surface area contributed by atoms with Gasteiger partial charge in [0.25, 0.3) is 0 Å². The van der Waals surface area contributed by atoms with E-state index in [4.69, 9.17) is 28.6 Å². The Bertz CT molecular complexity index is 819. The molecule has 5 heteroatoms. The summed E-state index contributed by atoms with van der Waals surface area (Å²) in [5.41, 5.74) is 3.02. The first-order valence-electron chi connectivity index (χ1n) is 6.98. The van der Waals surface area contributed by atoms with E-state index in [-0.39, 0.29) is 0 Å². The number of aromatic amines is 1. The second-order valence-electron chi connectivity index (χ2n) is 4.75. The van der Waals surface area contributed by atoms with Gasteiger partial charge < -0.3 is 9.72 Å². The lowest BCUT2D eigenvalue weighted by Crippen LogP contribution is -1.97. The maximum absolute atomic E-state index is 5.96. The van der Waals surface area contributed by atoms with Crippen molar-refractivity contribution in [3.63, 3.8) is 0 Å². The summed E-state index contributed by atoms with van der Waals surface area (Å²) in [7, 11) is 0. The van der Waals surface area contributed by atoms with Gasteiger partial charge in [0.15, 0.2) is 4.77 Å². The molecule has 1 N–H and O–H groups in total. The molecule has 0 aliphatic heterocycles. The van der Waals surface area contributed by atoms with Crippen LogP contribution < -0.4 is 4.74 Å². The first-order valence-corrected chi connectivity index (χ1v) is 7.77. The first kappa shape index (κ1) is 14.9. The molecular weight excluding hydrogens is 316 g/mol. The SMILES string of the molecule is CCOc1ccc(-n2c(-c3ccc(Cl)cc3)c[nH]c2=S)cc1. The van der Waals surface area contributed by atoms with Gasteiger partial charge in [-0.15, -0.1) is 0 Å². The fraction of sp³-hybridized carbons (Fsp3) is 0.118. The summed E-state index contributed by atoms with van der Waals surface area (Å²) >= 11 is 11.4. The lowest BCUT2D eigenvalue weighted by atomic mass is 10.1. The van der Waals surface area contributed by atoms with Crippen molar-refractivity contribution in [2.45, 2.75) is 6.92 Å².